The fourth-order valence-corrected chi connectivity index (χ4v) is 4.49. The molecule has 2 aromatic carbocycles. The van der Waals surface area contributed by atoms with Gasteiger partial charge in [-0.2, -0.15) is 8.78 Å². The van der Waals surface area contributed by atoms with E-state index in [4.69, 9.17) is 0 Å². The molecular weight excluding hydrogens is 496 g/mol. The Kier molecular flexibility index (Phi) is 7.44. The van der Waals surface area contributed by atoms with Crippen LogP contribution in [0.5, 0.6) is 5.75 Å². The number of thioether (sulfide) groups is 1. The predicted molar refractivity (Wildman–Crippen MR) is 126 cm³/mol. The number of nitrogens with one attached hydrogen (secondary N) is 1. The zero-order valence-electron chi connectivity index (χ0n) is 18.6. The zero-order chi connectivity index (χ0) is 25.8. The molecule has 2 saturated heterocycles. The van der Waals surface area contributed by atoms with Crippen LogP contribution in [0.15, 0.2) is 53.4 Å². The maximum absolute atomic E-state index is 12.6. The molecule has 0 unspecified atom stereocenters. The van der Waals surface area contributed by atoms with E-state index in [0.717, 1.165) is 21.6 Å². The lowest BCUT2D eigenvalue weighted by Crippen LogP contribution is -2.37. The van der Waals surface area contributed by atoms with Crippen LogP contribution >= 0.6 is 11.8 Å². The van der Waals surface area contributed by atoms with Crippen LogP contribution in [0.1, 0.15) is 28.8 Å². The molecule has 0 atom stereocenters. The summed E-state index contributed by atoms with van der Waals surface area (Å²) in [5.41, 5.74) is 1.04. The van der Waals surface area contributed by atoms with Gasteiger partial charge in [-0.25, -0.2) is 0 Å². The van der Waals surface area contributed by atoms with Gasteiger partial charge in [0.2, 0.25) is 11.8 Å². The third-order valence-electron chi connectivity index (χ3n) is 5.32. The van der Waals surface area contributed by atoms with Crippen molar-refractivity contribution in [1.82, 2.24) is 10.2 Å². The van der Waals surface area contributed by atoms with E-state index in [-0.39, 0.29) is 54.0 Å². The lowest BCUT2D eigenvalue weighted by molar-refractivity contribution is -0.123. The molecule has 2 fully saturated rings. The standard InChI is InChI=1S/C24H19F2N3O6S/c25-23(26)35-17-6-4-14(5-7-17)12-18-22(33)28(24(34)36-18)11-10-27-21(32)15-2-1-3-16(13-15)29-19(30)8-9-20(29)31/h1-7,12-13,23H,8-11H2,(H,27,32)/b18-12-. The number of carbonyl (C=O) groups excluding carboxylic acids is 5. The van der Waals surface area contributed by atoms with Crippen molar-refractivity contribution in [3.8, 4) is 5.75 Å². The molecule has 12 heteroatoms. The molecular formula is C24H19F2N3O6S. The number of benzene rings is 2. The lowest BCUT2D eigenvalue weighted by Gasteiger charge is -2.15. The fraction of sp³-hybridized carbons (Fsp3) is 0.208. The summed E-state index contributed by atoms with van der Waals surface area (Å²) in [6.45, 7) is -3.04. The Labute approximate surface area is 208 Å². The lowest BCUT2D eigenvalue weighted by atomic mass is 10.1. The number of nitrogens with zero attached hydrogens (tertiary/aromatic N) is 2. The van der Waals surface area contributed by atoms with Crippen molar-refractivity contribution in [2.24, 2.45) is 0 Å². The molecule has 2 aliphatic heterocycles. The predicted octanol–water partition coefficient (Wildman–Crippen LogP) is 3.41. The summed E-state index contributed by atoms with van der Waals surface area (Å²) < 4.78 is 28.8. The fourth-order valence-electron chi connectivity index (χ4n) is 3.62. The van der Waals surface area contributed by atoms with Crippen molar-refractivity contribution in [3.63, 3.8) is 0 Å². The Balaban J connectivity index is 1.34. The second-order valence-corrected chi connectivity index (χ2v) is 8.70. The molecule has 0 bridgehead atoms. The number of hydrogen-bond donors (Lipinski definition) is 1. The van der Waals surface area contributed by atoms with Gasteiger partial charge in [-0.1, -0.05) is 18.2 Å². The number of halogens is 2. The highest BCUT2D eigenvalue weighted by Crippen LogP contribution is 2.32. The third-order valence-corrected chi connectivity index (χ3v) is 6.22. The average molecular weight is 515 g/mol. The van der Waals surface area contributed by atoms with E-state index in [0.29, 0.717) is 11.3 Å². The van der Waals surface area contributed by atoms with Crippen LogP contribution < -0.4 is 15.0 Å². The van der Waals surface area contributed by atoms with Crippen LogP contribution in [0.2, 0.25) is 0 Å². The molecule has 9 nitrogen and oxygen atoms in total. The molecule has 2 heterocycles. The Morgan fingerprint density at radius 1 is 1.06 bits per heavy atom. The highest BCUT2D eigenvalue weighted by atomic mass is 32.2. The Morgan fingerprint density at radius 3 is 2.42 bits per heavy atom. The van der Waals surface area contributed by atoms with E-state index in [1.54, 1.807) is 12.1 Å². The van der Waals surface area contributed by atoms with E-state index in [1.807, 2.05) is 0 Å². The SMILES string of the molecule is O=C(NCCN1C(=O)S/C(=C\c2ccc(OC(F)F)cc2)C1=O)c1cccc(N2C(=O)CCC2=O)c1. The third kappa shape index (κ3) is 5.60. The van der Waals surface area contributed by atoms with Gasteiger partial charge >= 0.3 is 6.61 Å². The summed E-state index contributed by atoms with van der Waals surface area (Å²) in [5.74, 6) is -1.73. The van der Waals surface area contributed by atoms with Gasteiger partial charge in [0.05, 0.1) is 10.6 Å². The highest BCUT2D eigenvalue weighted by molar-refractivity contribution is 8.18. The molecule has 2 aromatic rings. The van der Waals surface area contributed by atoms with Crippen molar-refractivity contribution in [1.29, 1.82) is 0 Å². The summed E-state index contributed by atoms with van der Waals surface area (Å²) in [6, 6.07) is 11.7. The summed E-state index contributed by atoms with van der Waals surface area (Å²) in [7, 11) is 0. The number of anilines is 1. The van der Waals surface area contributed by atoms with Crippen LogP contribution in [0.3, 0.4) is 0 Å². The van der Waals surface area contributed by atoms with Crippen LogP contribution in [0, 0.1) is 0 Å². The molecule has 186 valence electrons. The van der Waals surface area contributed by atoms with Crippen molar-refractivity contribution < 1.29 is 37.5 Å². The molecule has 2 aliphatic rings. The summed E-state index contributed by atoms with van der Waals surface area (Å²) in [6.07, 6.45) is 1.71. The molecule has 0 spiro atoms. The van der Waals surface area contributed by atoms with Crippen molar-refractivity contribution >= 4 is 52.4 Å². The van der Waals surface area contributed by atoms with Gasteiger partial charge in [0.15, 0.2) is 0 Å². The number of hydrogen-bond acceptors (Lipinski definition) is 7. The summed E-state index contributed by atoms with van der Waals surface area (Å²) >= 11 is 0.728. The molecule has 4 rings (SSSR count). The van der Waals surface area contributed by atoms with Gasteiger partial charge in [0.25, 0.3) is 17.1 Å². The molecule has 0 saturated carbocycles. The van der Waals surface area contributed by atoms with Crippen molar-refractivity contribution in [3.05, 3.63) is 64.6 Å². The van der Waals surface area contributed by atoms with Gasteiger partial charge in [-0.3, -0.25) is 33.8 Å². The van der Waals surface area contributed by atoms with Crippen molar-refractivity contribution in [2.75, 3.05) is 18.0 Å². The first-order valence-electron chi connectivity index (χ1n) is 10.8. The second kappa shape index (κ2) is 10.7. The first-order chi connectivity index (χ1) is 17.2. The first kappa shape index (κ1) is 25.0. The molecule has 0 aromatic heterocycles. The van der Waals surface area contributed by atoms with Gasteiger partial charge in [-0.15, -0.1) is 0 Å². The van der Waals surface area contributed by atoms with Gasteiger partial charge in [0, 0.05) is 31.5 Å². The Morgan fingerprint density at radius 2 is 1.75 bits per heavy atom. The number of alkyl halides is 2. The zero-order valence-corrected chi connectivity index (χ0v) is 19.4. The molecule has 1 N–H and O–H groups in total. The minimum atomic E-state index is -2.95. The largest absolute Gasteiger partial charge is 0.435 e. The summed E-state index contributed by atoms with van der Waals surface area (Å²) in [5, 5.41) is 2.11. The topological polar surface area (TPSA) is 113 Å². The number of carbonyl (C=O) groups is 5. The van der Waals surface area contributed by atoms with Gasteiger partial charge in [0.1, 0.15) is 5.75 Å². The number of ether oxygens (including phenoxy) is 1. The maximum atomic E-state index is 12.6. The van der Waals surface area contributed by atoms with Crippen LogP contribution in [0.4, 0.5) is 19.3 Å². The van der Waals surface area contributed by atoms with Gasteiger partial charge < -0.3 is 10.1 Å². The first-order valence-corrected chi connectivity index (χ1v) is 11.6. The second-order valence-electron chi connectivity index (χ2n) is 7.71. The number of amides is 5. The van der Waals surface area contributed by atoms with E-state index >= 15 is 0 Å². The minimum absolute atomic E-state index is 0.0182. The highest BCUT2D eigenvalue weighted by Gasteiger charge is 2.35. The van der Waals surface area contributed by atoms with Crippen molar-refractivity contribution in [2.45, 2.75) is 19.5 Å². The Bertz CT molecular complexity index is 1250. The normalized spacial score (nSPS) is 17.0. The molecule has 0 radical (unpaired) electrons. The van der Waals surface area contributed by atoms with Crippen LogP contribution in [0.25, 0.3) is 6.08 Å². The number of imide groups is 2. The van der Waals surface area contributed by atoms with E-state index in [2.05, 4.69) is 10.1 Å². The minimum Gasteiger partial charge on any atom is -0.435 e. The molecule has 5 amide bonds. The van der Waals surface area contributed by atoms with Crippen LogP contribution in [-0.4, -0.2) is 53.5 Å². The smallest absolute Gasteiger partial charge is 0.387 e. The number of rotatable bonds is 8. The maximum Gasteiger partial charge on any atom is 0.387 e. The van der Waals surface area contributed by atoms with E-state index < -0.39 is 23.7 Å². The average Bonchev–Trinajstić information content (AvgIpc) is 3.32. The summed E-state index contributed by atoms with van der Waals surface area (Å²) in [4.78, 5) is 63.6. The van der Waals surface area contributed by atoms with Crippen LogP contribution in [-0.2, 0) is 14.4 Å². The molecule has 36 heavy (non-hydrogen) atoms. The quantitative estimate of drug-likeness (QED) is 0.424. The molecule has 0 aliphatic carbocycles. The monoisotopic (exact) mass is 515 g/mol. The van der Waals surface area contributed by atoms with E-state index in [9.17, 15) is 32.8 Å². The van der Waals surface area contributed by atoms with Gasteiger partial charge in [-0.05, 0) is 53.7 Å². The Hall–Kier alpha value is -4.06. The van der Waals surface area contributed by atoms with E-state index in [1.165, 1.54) is 42.5 Å².